The first-order chi connectivity index (χ1) is 13.3. The maximum absolute atomic E-state index is 12.9. The molecule has 4 nitrogen and oxygen atoms in total. The first-order valence-corrected chi connectivity index (χ1v) is 11.1. The molecule has 4 saturated carbocycles. The first kappa shape index (κ1) is 20.0. The van der Waals surface area contributed by atoms with E-state index in [9.17, 15) is 9.59 Å². The Morgan fingerprint density at radius 2 is 1.71 bits per heavy atom. The fourth-order valence-electron chi connectivity index (χ4n) is 6.11. The maximum Gasteiger partial charge on any atom is 0.226 e. The van der Waals surface area contributed by atoms with E-state index in [2.05, 4.69) is 10.6 Å². The number of carbonyl (C=O) groups is 2. The molecule has 1 atom stereocenters. The van der Waals surface area contributed by atoms with Crippen molar-refractivity contribution in [3.63, 3.8) is 0 Å². The molecule has 1 aromatic carbocycles. The minimum atomic E-state index is -0.212. The van der Waals surface area contributed by atoms with Gasteiger partial charge in [-0.05, 0) is 80.9 Å². The van der Waals surface area contributed by atoms with Crippen LogP contribution in [0.15, 0.2) is 18.2 Å². The van der Waals surface area contributed by atoms with Crippen LogP contribution in [-0.2, 0) is 9.59 Å². The Morgan fingerprint density at radius 1 is 1.11 bits per heavy atom. The van der Waals surface area contributed by atoms with Crippen LogP contribution in [0, 0.1) is 23.2 Å². The highest BCUT2D eigenvalue weighted by atomic mass is 35.5. The van der Waals surface area contributed by atoms with Crippen molar-refractivity contribution in [2.24, 2.45) is 23.2 Å². The molecule has 0 saturated heterocycles. The van der Waals surface area contributed by atoms with Crippen molar-refractivity contribution in [2.45, 2.75) is 57.9 Å². The summed E-state index contributed by atoms with van der Waals surface area (Å²) in [6, 6.07) is 5.05. The molecule has 4 bridgehead atoms. The molecule has 1 unspecified atom stereocenters. The third kappa shape index (κ3) is 4.04. The van der Waals surface area contributed by atoms with Crippen LogP contribution < -0.4 is 10.6 Å². The zero-order valence-corrected chi connectivity index (χ0v) is 17.8. The molecular formula is C22H28Cl2N2O2. The Morgan fingerprint density at radius 3 is 2.29 bits per heavy atom. The summed E-state index contributed by atoms with van der Waals surface area (Å²) in [6.45, 7) is 2.27. The minimum absolute atomic E-state index is 0.0932. The van der Waals surface area contributed by atoms with Gasteiger partial charge in [-0.15, -0.1) is 0 Å². The summed E-state index contributed by atoms with van der Waals surface area (Å²) in [5.74, 6) is 2.30. The number of nitrogens with one attached hydrogen (secondary N) is 2. The zero-order chi connectivity index (χ0) is 19.9. The van der Waals surface area contributed by atoms with E-state index in [0.29, 0.717) is 16.6 Å². The number of hydrogen-bond acceptors (Lipinski definition) is 2. The first-order valence-electron chi connectivity index (χ1n) is 10.4. The summed E-state index contributed by atoms with van der Waals surface area (Å²) in [4.78, 5) is 25.2. The van der Waals surface area contributed by atoms with E-state index >= 15 is 0 Å². The second kappa shape index (κ2) is 7.87. The Balaban J connectivity index is 1.26. The Hall–Kier alpha value is -1.26. The van der Waals surface area contributed by atoms with E-state index in [1.807, 2.05) is 13.0 Å². The average Bonchev–Trinajstić information content (AvgIpc) is 2.60. The van der Waals surface area contributed by atoms with Gasteiger partial charge in [-0.1, -0.05) is 29.3 Å². The molecule has 0 spiro atoms. The molecule has 6 heteroatoms. The van der Waals surface area contributed by atoms with E-state index in [1.54, 1.807) is 12.1 Å². The van der Waals surface area contributed by atoms with E-state index in [0.717, 1.165) is 42.6 Å². The fourth-order valence-corrected chi connectivity index (χ4v) is 6.68. The normalized spacial score (nSPS) is 31.5. The van der Waals surface area contributed by atoms with E-state index in [4.69, 9.17) is 23.2 Å². The largest absolute Gasteiger partial charge is 0.355 e. The van der Waals surface area contributed by atoms with Crippen molar-refractivity contribution < 1.29 is 9.59 Å². The molecule has 0 heterocycles. The zero-order valence-electron chi connectivity index (χ0n) is 16.3. The van der Waals surface area contributed by atoms with Crippen LogP contribution in [0.4, 0.5) is 0 Å². The van der Waals surface area contributed by atoms with Crippen molar-refractivity contribution in [3.8, 4) is 0 Å². The number of halogens is 2. The van der Waals surface area contributed by atoms with Crippen LogP contribution in [-0.4, -0.2) is 18.4 Å². The van der Waals surface area contributed by atoms with E-state index < -0.39 is 0 Å². The molecule has 2 N–H and O–H groups in total. The third-order valence-corrected chi connectivity index (χ3v) is 7.53. The van der Waals surface area contributed by atoms with Gasteiger partial charge in [-0.3, -0.25) is 9.59 Å². The maximum atomic E-state index is 12.9. The molecular weight excluding hydrogens is 395 g/mol. The number of hydrogen-bond donors (Lipinski definition) is 2. The van der Waals surface area contributed by atoms with Crippen LogP contribution >= 0.6 is 23.2 Å². The summed E-state index contributed by atoms with van der Waals surface area (Å²) < 4.78 is 0. The molecule has 1 aromatic rings. The number of amides is 2. The van der Waals surface area contributed by atoms with Crippen LogP contribution in [0.1, 0.15) is 63.5 Å². The third-order valence-electron chi connectivity index (χ3n) is 6.96. The lowest BCUT2D eigenvalue weighted by atomic mass is 9.49. The Bertz CT molecular complexity index is 745. The summed E-state index contributed by atoms with van der Waals surface area (Å²) in [6.07, 6.45) is 7.36. The molecule has 5 rings (SSSR count). The van der Waals surface area contributed by atoms with Crippen molar-refractivity contribution in [3.05, 3.63) is 33.8 Å². The average molecular weight is 423 g/mol. The molecule has 4 fully saturated rings. The van der Waals surface area contributed by atoms with Crippen LogP contribution in [0.25, 0.3) is 0 Å². The molecule has 28 heavy (non-hydrogen) atoms. The Labute approximate surface area is 176 Å². The molecule has 2 amide bonds. The fraction of sp³-hybridized carbons (Fsp3) is 0.636. The number of benzene rings is 1. The number of rotatable bonds is 6. The number of carbonyl (C=O) groups excluding carboxylic acids is 2. The summed E-state index contributed by atoms with van der Waals surface area (Å²) in [7, 11) is 0. The molecule has 4 aliphatic rings. The second-order valence-corrected chi connectivity index (χ2v) is 10.0. The predicted molar refractivity (Wildman–Crippen MR) is 111 cm³/mol. The highest BCUT2D eigenvalue weighted by molar-refractivity contribution is 6.35. The second-order valence-electron chi connectivity index (χ2n) is 9.16. The lowest BCUT2D eigenvalue weighted by molar-refractivity contribution is -0.146. The van der Waals surface area contributed by atoms with Crippen molar-refractivity contribution in [1.82, 2.24) is 10.6 Å². The van der Waals surface area contributed by atoms with Gasteiger partial charge in [0.15, 0.2) is 0 Å². The smallest absolute Gasteiger partial charge is 0.226 e. The molecule has 0 aromatic heterocycles. The lowest BCUT2D eigenvalue weighted by Gasteiger charge is -2.55. The van der Waals surface area contributed by atoms with Crippen LogP contribution in [0.3, 0.4) is 0 Å². The van der Waals surface area contributed by atoms with Gasteiger partial charge in [0.2, 0.25) is 11.8 Å². The monoisotopic (exact) mass is 422 g/mol. The van der Waals surface area contributed by atoms with Crippen molar-refractivity contribution in [2.75, 3.05) is 6.54 Å². The predicted octanol–water partition coefficient (Wildman–Crippen LogP) is 4.89. The van der Waals surface area contributed by atoms with Gasteiger partial charge < -0.3 is 10.6 Å². The van der Waals surface area contributed by atoms with Crippen LogP contribution in [0.2, 0.25) is 10.0 Å². The van der Waals surface area contributed by atoms with Gasteiger partial charge in [0.05, 0.1) is 6.04 Å². The van der Waals surface area contributed by atoms with Crippen molar-refractivity contribution >= 4 is 35.0 Å². The van der Waals surface area contributed by atoms with Gasteiger partial charge in [0.25, 0.3) is 0 Å². The highest BCUT2D eigenvalue weighted by Crippen LogP contribution is 2.60. The highest BCUT2D eigenvalue weighted by Gasteiger charge is 2.54. The molecule has 152 valence electrons. The van der Waals surface area contributed by atoms with Crippen molar-refractivity contribution in [1.29, 1.82) is 0 Å². The summed E-state index contributed by atoms with van der Waals surface area (Å²) in [5.41, 5.74) is 0.673. The minimum Gasteiger partial charge on any atom is -0.355 e. The SMILES string of the molecule is CC(NC(=O)CCNC(=O)C12CC3CC(CC(C3)C1)C2)c1ccc(Cl)cc1Cl. The van der Waals surface area contributed by atoms with Gasteiger partial charge in [0.1, 0.15) is 0 Å². The van der Waals surface area contributed by atoms with E-state index in [-0.39, 0.29) is 29.7 Å². The lowest BCUT2D eigenvalue weighted by Crippen LogP contribution is -2.53. The summed E-state index contributed by atoms with van der Waals surface area (Å²) in [5, 5.41) is 7.11. The van der Waals surface area contributed by atoms with E-state index in [1.165, 1.54) is 19.3 Å². The van der Waals surface area contributed by atoms with Crippen LogP contribution in [0.5, 0.6) is 0 Å². The quantitative estimate of drug-likeness (QED) is 0.684. The molecule has 4 aliphatic carbocycles. The van der Waals surface area contributed by atoms with Gasteiger partial charge in [0, 0.05) is 28.4 Å². The van der Waals surface area contributed by atoms with Gasteiger partial charge >= 0.3 is 0 Å². The molecule has 0 radical (unpaired) electrons. The topological polar surface area (TPSA) is 58.2 Å². The summed E-state index contributed by atoms with van der Waals surface area (Å²) >= 11 is 12.1. The Kier molecular flexibility index (Phi) is 5.63. The van der Waals surface area contributed by atoms with Gasteiger partial charge in [-0.2, -0.15) is 0 Å². The standard InChI is InChI=1S/C22H28Cl2N2O2/c1-13(18-3-2-17(23)9-19(18)24)26-20(27)4-5-25-21(28)22-10-14-6-15(11-22)8-16(7-14)12-22/h2-3,9,13-16H,4-8,10-12H2,1H3,(H,25,28)(H,26,27). The molecule has 0 aliphatic heterocycles. The van der Waals surface area contributed by atoms with Gasteiger partial charge in [-0.25, -0.2) is 0 Å².